The van der Waals surface area contributed by atoms with E-state index in [0.717, 1.165) is 0 Å². The summed E-state index contributed by atoms with van der Waals surface area (Å²) in [6.45, 7) is 0.485. The first-order valence-electron chi connectivity index (χ1n) is 5.66. The van der Waals surface area contributed by atoms with Crippen molar-refractivity contribution in [3.05, 3.63) is 18.2 Å². The Balaban J connectivity index is 1.98. The lowest BCUT2D eigenvalue weighted by Gasteiger charge is -2.09. The Kier molecular flexibility index (Phi) is 3.36. The molecule has 3 N–H and O–H groups in total. The van der Waals surface area contributed by atoms with E-state index in [1.54, 1.807) is 37.2 Å². The summed E-state index contributed by atoms with van der Waals surface area (Å²) in [5.41, 5.74) is 7.67. The van der Waals surface area contributed by atoms with Gasteiger partial charge >= 0.3 is 0 Å². The number of nitrogens with two attached hydrogens (primary N) is 1. The third-order valence-electron chi connectivity index (χ3n) is 2.53. The Hall–Kier alpha value is -2.24. The van der Waals surface area contributed by atoms with E-state index in [1.807, 2.05) is 0 Å². The molecule has 0 spiro atoms. The second-order valence-electron chi connectivity index (χ2n) is 4.21. The molecule has 1 heterocycles. The lowest BCUT2D eigenvalue weighted by molar-refractivity contribution is -0.128. The van der Waals surface area contributed by atoms with E-state index < -0.39 is 0 Å². The van der Waals surface area contributed by atoms with Crippen LogP contribution in [-0.4, -0.2) is 36.4 Å². The summed E-state index contributed by atoms with van der Waals surface area (Å²) in [4.78, 5) is 17.2. The molecule has 96 valence electrons. The van der Waals surface area contributed by atoms with E-state index in [4.69, 9.17) is 10.2 Å². The molecule has 1 amide bonds. The predicted molar refractivity (Wildman–Crippen MR) is 70.2 cm³/mol. The number of benzene rings is 1. The fourth-order valence-corrected chi connectivity index (χ4v) is 1.52. The zero-order valence-electron chi connectivity index (χ0n) is 10.4. The molecule has 0 radical (unpaired) electrons. The van der Waals surface area contributed by atoms with Gasteiger partial charge in [0.2, 0.25) is 5.91 Å². The summed E-state index contributed by atoms with van der Waals surface area (Å²) in [7, 11) is 3.45. The molecular weight excluding hydrogens is 232 g/mol. The first-order valence-corrected chi connectivity index (χ1v) is 5.66. The number of carbonyl (C=O) groups excluding carboxylic acids is 1. The van der Waals surface area contributed by atoms with Crippen LogP contribution in [0.3, 0.4) is 0 Å². The predicted octanol–water partition coefficient (Wildman–Crippen LogP) is 1.30. The monoisotopic (exact) mass is 248 g/mol. The van der Waals surface area contributed by atoms with Crippen molar-refractivity contribution in [2.24, 2.45) is 0 Å². The van der Waals surface area contributed by atoms with Gasteiger partial charge in [0.15, 0.2) is 5.58 Å². The van der Waals surface area contributed by atoms with Crippen LogP contribution in [0.25, 0.3) is 11.1 Å². The minimum atomic E-state index is 0.0582. The van der Waals surface area contributed by atoms with Crippen LogP contribution in [0.1, 0.15) is 6.42 Å². The zero-order valence-corrected chi connectivity index (χ0v) is 10.4. The lowest BCUT2D eigenvalue weighted by Crippen LogP contribution is -2.23. The summed E-state index contributed by atoms with van der Waals surface area (Å²) < 4.78 is 5.46. The van der Waals surface area contributed by atoms with Crippen molar-refractivity contribution in [1.29, 1.82) is 0 Å². The molecule has 0 aliphatic carbocycles. The molecule has 0 unspecified atom stereocenters. The van der Waals surface area contributed by atoms with Crippen LogP contribution in [0.4, 0.5) is 11.7 Å². The zero-order chi connectivity index (χ0) is 13.1. The number of nitrogens with zero attached hydrogens (tertiary/aromatic N) is 2. The number of aromatic nitrogens is 1. The number of carbonyl (C=O) groups is 1. The number of hydrogen-bond donors (Lipinski definition) is 2. The highest BCUT2D eigenvalue weighted by Crippen LogP contribution is 2.20. The van der Waals surface area contributed by atoms with Gasteiger partial charge in [-0.15, -0.1) is 0 Å². The van der Waals surface area contributed by atoms with E-state index in [2.05, 4.69) is 10.3 Å². The van der Waals surface area contributed by atoms with Crippen molar-refractivity contribution in [3.8, 4) is 0 Å². The summed E-state index contributed by atoms with van der Waals surface area (Å²) in [6.07, 6.45) is 0.397. The molecule has 0 fully saturated rings. The van der Waals surface area contributed by atoms with E-state index >= 15 is 0 Å². The van der Waals surface area contributed by atoms with Crippen LogP contribution in [0.2, 0.25) is 0 Å². The molecular formula is C12H16N4O2. The Morgan fingerprint density at radius 3 is 3.00 bits per heavy atom. The molecule has 18 heavy (non-hydrogen) atoms. The summed E-state index contributed by atoms with van der Waals surface area (Å²) in [5, 5.41) is 2.97. The Bertz CT molecular complexity index is 562. The Morgan fingerprint density at radius 2 is 2.28 bits per heavy atom. The van der Waals surface area contributed by atoms with Crippen molar-refractivity contribution in [2.45, 2.75) is 6.42 Å². The van der Waals surface area contributed by atoms with Gasteiger partial charge in [-0.25, -0.2) is 0 Å². The van der Waals surface area contributed by atoms with Crippen molar-refractivity contribution in [1.82, 2.24) is 9.88 Å². The Labute approximate surface area is 105 Å². The molecule has 1 aromatic heterocycles. The summed E-state index contributed by atoms with van der Waals surface area (Å²) >= 11 is 0. The van der Waals surface area contributed by atoms with Crippen molar-refractivity contribution in [2.75, 3.05) is 31.7 Å². The first-order chi connectivity index (χ1) is 8.56. The van der Waals surface area contributed by atoms with Gasteiger partial charge in [-0.05, 0) is 18.2 Å². The fourth-order valence-electron chi connectivity index (χ4n) is 1.52. The highest BCUT2D eigenvalue weighted by atomic mass is 16.4. The van der Waals surface area contributed by atoms with Crippen LogP contribution >= 0.6 is 0 Å². The average Bonchev–Trinajstić information content (AvgIpc) is 2.70. The third-order valence-corrected chi connectivity index (χ3v) is 2.53. The number of amides is 1. The number of rotatable bonds is 4. The molecule has 6 heteroatoms. The summed E-state index contributed by atoms with van der Waals surface area (Å²) in [6, 6.07) is 5.68. The van der Waals surface area contributed by atoms with Gasteiger partial charge in [-0.1, -0.05) is 0 Å². The molecule has 0 aliphatic heterocycles. The van der Waals surface area contributed by atoms with E-state index in [-0.39, 0.29) is 5.91 Å². The minimum Gasteiger partial charge on any atom is -0.424 e. The van der Waals surface area contributed by atoms with Crippen LogP contribution in [-0.2, 0) is 4.79 Å². The SMILES string of the molecule is CN(C)C(=O)CCNc1nc2cc(N)ccc2o1. The molecule has 0 saturated carbocycles. The second-order valence-corrected chi connectivity index (χ2v) is 4.21. The van der Waals surface area contributed by atoms with Gasteiger partial charge in [0.1, 0.15) is 5.52 Å². The van der Waals surface area contributed by atoms with Crippen LogP contribution in [0.15, 0.2) is 22.6 Å². The Morgan fingerprint density at radius 1 is 1.50 bits per heavy atom. The quantitative estimate of drug-likeness (QED) is 0.797. The van der Waals surface area contributed by atoms with Gasteiger partial charge in [0.05, 0.1) is 0 Å². The normalized spacial score (nSPS) is 10.6. The molecule has 6 nitrogen and oxygen atoms in total. The first kappa shape index (κ1) is 12.2. The maximum atomic E-state index is 11.4. The number of anilines is 2. The number of nitrogen functional groups attached to an aromatic ring is 1. The fraction of sp³-hybridized carbons (Fsp3) is 0.333. The van der Waals surface area contributed by atoms with Gasteiger partial charge in [0.25, 0.3) is 6.01 Å². The van der Waals surface area contributed by atoms with Gasteiger partial charge in [0, 0.05) is 32.7 Å². The van der Waals surface area contributed by atoms with Gasteiger partial charge < -0.3 is 20.4 Å². The van der Waals surface area contributed by atoms with E-state index in [1.165, 1.54) is 0 Å². The van der Waals surface area contributed by atoms with E-state index in [0.29, 0.717) is 35.8 Å². The van der Waals surface area contributed by atoms with E-state index in [9.17, 15) is 4.79 Å². The number of fused-ring (bicyclic) bond motifs is 1. The van der Waals surface area contributed by atoms with Crippen LogP contribution in [0, 0.1) is 0 Å². The minimum absolute atomic E-state index is 0.0582. The molecule has 2 aromatic rings. The van der Waals surface area contributed by atoms with Crippen molar-refractivity contribution in [3.63, 3.8) is 0 Å². The average molecular weight is 248 g/mol. The lowest BCUT2D eigenvalue weighted by atomic mass is 10.3. The van der Waals surface area contributed by atoms with Crippen molar-refractivity contribution < 1.29 is 9.21 Å². The topological polar surface area (TPSA) is 84.4 Å². The maximum absolute atomic E-state index is 11.4. The highest BCUT2D eigenvalue weighted by molar-refractivity contribution is 5.78. The molecule has 0 atom stereocenters. The third kappa shape index (κ3) is 2.71. The maximum Gasteiger partial charge on any atom is 0.295 e. The number of hydrogen-bond acceptors (Lipinski definition) is 5. The number of oxazole rings is 1. The largest absolute Gasteiger partial charge is 0.424 e. The van der Waals surface area contributed by atoms with Gasteiger partial charge in [-0.2, -0.15) is 4.98 Å². The molecule has 0 aliphatic rings. The molecule has 2 rings (SSSR count). The summed E-state index contributed by atoms with van der Waals surface area (Å²) in [5.74, 6) is 0.0582. The molecule has 0 saturated heterocycles. The van der Waals surface area contributed by atoms with Gasteiger partial charge in [-0.3, -0.25) is 4.79 Å². The number of nitrogens with one attached hydrogen (secondary N) is 1. The molecule has 1 aromatic carbocycles. The van der Waals surface area contributed by atoms with Crippen LogP contribution in [0.5, 0.6) is 0 Å². The highest BCUT2D eigenvalue weighted by Gasteiger charge is 2.07. The van der Waals surface area contributed by atoms with Crippen LogP contribution < -0.4 is 11.1 Å². The molecule has 0 bridgehead atoms. The standard InChI is InChI=1S/C12H16N4O2/c1-16(2)11(17)5-6-14-12-15-9-7-8(13)3-4-10(9)18-12/h3-4,7H,5-6,13H2,1-2H3,(H,14,15). The smallest absolute Gasteiger partial charge is 0.295 e. The van der Waals surface area contributed by atoms with Crippen molar-refractivity contribution >= 4 is 28.7 Å². The second kappa shape index (κ2) is 4.95.